The standard InChI is InChI=1S/C27H27FN4O3S2/c1-18(2)23-4-3-5-24-25(23)29-27(36-24)32-16-14-31(15-17-32)26(33)19-6-10-21(11-7-19)30-37(34,35)22-12-8-20(28)9-13-22/h3-13,18,30H,14-17H2,1-2H3. The van der Waals surface area contributed by atoms with Crippen LogP contribution in [0.15, 0.2) is 71.6 Å². The molecule has 37 heavy (non-hydrogen) atoms. The highest BCUT2D eigenvalue weighted by atomic mass is 32.2. The highest BCUT2D eigenvalue weighted by Gasteiger charge is 2.25. The zero-order valence-corrected chi connectivity index (χ0v) is 22.2. The molecular formula is C27H27FN4O3S2. The van der Waals surface area contributed by atoms with Gasteiger partial charge in [-0.25, -0.2) is 17.8 Å². The number of hydrogen-bond donors (Lipinski definition) is 1. The number of hydrogen-bond acceptors (Lipinski definition) is 6. The van der Waals surface area contributed by atoms with E-state index < -0.39 is 15.8 Å². The van der Waals surface area contributed by atoms with Crippen molar-refractivity contribution in [2.45, 2.75) is 24.7 Å². The molecule has 2 heterocycles. The lowest BCUT2D eigenvalue weighted by atomic mass is 10.0. The molecule has 1 aliphatic heterocycles. The van der Waals surface area contributed by atoms with E-state index in [0.717, 1.165) is 22.8 Å². The third kappa shape index (κ3) is 5.30. The van der Waals surface area contributed by atoms with Gasteiger partial charge in [0.25, 0.3) is 15.9 Å². The van der Waals surface area contributed by atoms with E-state index in [1.54, 1.807) is 40.5 Å². The van der Waals surface area contributed by atoms with Crippen LogP contribution in [0.5, 0.6) is 0 Å². The molecule has 1 aliphatic rings. The van der Waals surface area contributed by atoms with Crippen LogP contribution in [0.2, 0.25) is 0 Å². The fraction of sp³-hybridized carbons (Fsp3) is 0.259. The number of nitrogens with zero attached hydrogens (tertiary/aromatic N) is 3. The Morgan fingerprint density at radius 2 is 1.65 bits per heavy atom. The molecule has 0 spiro atoms. The number of aromatic nitrogens is 1. The number of carbonyl (C=O) groups excluding carboxylic acids is 1. The molecule has 0 unspecified atom stereocenters. The molecule has 1 N–H and O–H groups in total. The molecule has 4 aromatic rings. The van der Waals surface area contributed by atoms with E-state index in [2.05, 4.69) is 41.7 Å². The molecule has 10 heteroatoms. The van der Waals surface area contributed by atoms with Crippen molar-refractivity contribution >= 4 is 48.3 Å². The Hall–Kier alpha value is -3.50. The van der Waals surface area contributed by atoms with Gasteiger partial charge in [0.2, 0.25) is 0 Å². The second-order valence-corrected chi connectivity index (χ2v) is 12.0. The maximum absolute atomic E-state index is 13.1. The molecule has 1 aromatic heterocycles. The molecule has 0 atom stereocenters. The average molecular weight is 539 g/mol. The maximum Gasteiger partial charge on any atom is 0.261 e. The topological polar surface area (TPSA) is 82.6 Å². The molecule has 0 bridgehead atoms. The summed E-state index contributed by atoms with van der Waals surface area (Å²) in [5, 5.41) is 0.980. The van der Waals surface area contributed by atoms with Crippen molar-refractivity contribution in [2.75, 3.05) is 35.8 Å². The maximum atomic E-state index is 13.1. The van der Waals surface area contributed by atoms with E-state index in [4.69, 9.17) is 4.98 Å². The molecule has 192 valence electrons. The number of amides is 1. The highest BCUT2D eigenvalue weighted by Crippen LogP contribution is 2.34. The first-order valence-corrected chi connectivity index (χ1v) is 14.3. The van der Waals surface area contributed by atoms with Crippen molar-refractivity contribution in [1.82, 2.24) is 9.88 Å². The van der Waals surface area contributed by atoms with Crippen LogP contribution in [0.4, 0.5) is 15.2 Å². The van der Waals surface area contributed by atoms with E-state index in [9.17, 15) is 17.6 Å². The minimum Gasteiger partial charge on any atom is -0.345 e. The Bertz CT molecular complexity index is 1530. The van der Waals surface area contributed by atoms with Gasteiger partial charge in [-0.2, -0.15) is 0 Å². The van der Waals surface area contributed by atoms with Crippen molar-refractivity contribution in [3.8, 4) is 0 Å². The fourth-order valence-corrected chi connectivity index (χ4v) is 6.46. The van der Waals surface area contributed by atoms with Crippen LogP contribution < -0.4 is 9.62 Å². The molecule has 3 aromatic carbocycles. The number of fused-ring (bicyclic) bond motifs is 1. The monoisotopic (exact) mass is 538 g/mol. The van der Waals surface area contributed by atoms with E-state index in [0.29, 0.717) is 43.3 Å². The molecule has 1 amide bonds. The van der Waals surface area contributed by atoms with Crippen molar-refractivity contribution in [3.63, 3.8) is 0 Å². The van der Waals surface area contributed by atoms with Gasteiger partial charge in [-0.05, 0) is 66.1 Å². The second kappa shape index (κ2) is 10.1. The van der Waals surface area contributed by atoms with Crippen LogP contribution in [-0.4, -0.2) is 50.4 Å². The van der Waals surface area contributed by atoms with Crippen LogP contribution >= 0.6 is 11.3 Å². The Morgan fingerprint density at radius 3 is 2.30 bits per heavy atom. The van der Waals surface area contributed by atoms with Gasteiger partial charge >= 0.3 is 0 Å². The Morgan fingerprint density at radius 1 is 0.973 bits per heavy atom. The molecule has 0 aliphatic carbocycles. The van der Waals surface area contributed by atoms with Gasteiger partial charge < -0.3 is 9.80 Å². The average Bonchev–Trinajstić information content (AvgIpc) is 3.33. The summed E-state index contributed by atoms with van der Waals surface area (Å²) in [6.07, 6.45) is 0. The number of nitrogens with one attached hydrogen (secondary N) is 1. The lowest BCUT2D eigenvalue weighted by Crippen LogP contribution is -2.48. The fourth-order valence-electron chi connectivity index (χ4n) is 4.35. The number of benzene rings is 3. The third-order valence-electron chi connectivity index (χ3n) is 6.41. The van der Waals surface area contributed by atoms with E-state index >= 15 is 0 Å². The number of para-hydroxylation sites is 1. The molecule has 0 saturated carbocycles. The SMILES string of the molecule is CC(C)c1cccc2sc(N3CCN(C(=O)c4ccc(NS(=O)(=O)c5ccc(F)cc5)cc4)CC3)nc12. The number of rotatable bonds is 6. The Kier molecular flexibility index (Phi) is 6.87. The van der Waals surface area contributed by atoms with Crippen LogP contribution in [0.25, 0.3) is 10.2 Å². The molecule has 1 saturated heterocycles. The van der Waals surface area contributed by atoms with Gasteiger partial charge in [0.1, 0.15) is 5.82 Å². The summed E-state index contributed by atoms with van der Waals surface area (Å²) in [5.74, 6) is -0.209. The first-order valence-electron chi connectivity index (χ1n) is 12.0. The van der Waals surface area contributed by atoms with Gasteiger partial charge in [0.15, 0.2) is 5.13 Å². The predicted molar refractivity (Wildman–Crippen MR) is 145 cm³/mol. The summed E-state index contributed by atoms with van der Waals surface area (Å²) >= 11 is 1.68. The number of sulfonamides is 1. The third-order valence-corrected chi connectivity index (χ3v) is 8.88. The number of thiazole rings is 1. The van der Waals surface area contributed by atoms with Crippen molar-refractivity contribution in [1.29, 1.82) is 0 Å². The summed E-state index contributed by atoms with van der Waals surface area (Å²) in [4.78, 5) is 22.0. The number of carbonyl (C=O) groups is 1. The van der Waals surface area contributed by atoms with E-state index in [1.807, 2.05) is 0 Å². The minimum absolute atomic E-state index is 0.0412. The van der Waals surface area contributed by atoms with E-state index in [-0.39, 0.29) is 10.8 Å². The number of halogens is 1. The van der Waals surface area contributed by atoms with Crippen molar-refractivity contribution in [2.24, 2.45) is 0 Å². The second-order valence-electron chi connectivity index (χ2n) is 9.26. The van der Waals surface area contributed by atoms with Gasteiger partial charge in [0.05, 0.1) is 15.1 Å². The quantitative estimate of drug-likeness (QED) is 0.359. The van der Waals surface area contributed by atoms with Crippen LogP contribution in [0.3, 0.4) is 0 Å². The van der Waals surface area contributed by atoms with Gasteiger partial charge in [-0.3, -0.25) is 9.52 Å². The summed E-state index contributed by atoms with van der Waals surface area (Å²) < 4.78 is 41.8. The first kappa shape index (κ1) is 25.2. The highest BCUT2D eigenvalue weighted by molar-refractivity contribution is 7.92. The normalized spacial score (nSPS) is 14.4. The summed E-state index contributed by atoms with van der Waals surface area (Å²) in [5.41, 5.74) is 3.12. The molecule has 1 fully saturated rings. The summed E-state index contributed by atoms with van der Waals surface area (Å²) in [6, 6.07) is 17.2. The zero-order chi connectivity index (χ0) is 26.2. The predicted octanol–water partition coefficient (Wildman–Crippen LogP) is 5.32. The summed E-state index contributed by atoms with van der Waals surface area (Å²) in [6.45, 7) is 6.88. The zero-order valence-electron chi connectivity index (χ0n) is 20.5. The number of anilines is 2. The molecular weight excluding hydrogens is 511 g/mol. The lowest BCUT2D eigenvalue weighted by molar-refractivity contribution is 0.0747. The Balaban J connectivity index is 1.22. The van der Waals surface area contributed by atoms with Gasteiger partial charge in [-0.15, -0.1) is 0 Å². The molecule has 5 rings (SSSR count). The van der Waals surface area contributed by atoms with Gasteiger partial charge in [-0.1, -0.05) is 37.3 Å². The van der Waals surface area contributed by atoms with Gasteiger partial charge in [0, 0.05) is 37.4 Å². The summed E-state index contributed by atoms with van der Waals surface area (Å²) in [7, 11) is -3.86. The molecule has 0 radical (unpaired) electrons. The first-order chi connectivity index (χ1) is 17.7. The number of piperazine rings is 1. The van der Waals surface area contributed by atoms with Crippen molar-refractivity contribution < 1.29 is 17.6 Å². The van der Waals surface area contributed by atoms with Crippen LogP contribution in [0.1, 0.15) is 35.7 Å². The minimum atomic E-state index is -3.86. The van der Waals surface area contributed by atoms with Crippen molar-refractivity contribution in [3.05, 3.63) is 83.7 Å². The van der Waals surface area contributed by atoms with Crippen LogP contribution in [-0.2, 0) is 10.0 Å². The lowest BCUT2D eigenvalue weighted by Gasteiger charge is -2.34. The Labute approximate surface area is 219 Å². The van der Waals surface area contributed by atoms with Crippen LogP contribution in [0, 0.1) is 5.82 Å². The largest absolute Gasteiger partial charge is 0.345 e. The molecule has 7 nitrogen and oxygen atoms in total. The smallest absolute Gasteiger partial charge is 0.261 e. The van der Waals surface area contributed by atoms with E-state index in [1.165, 1.54) is 22.4 Å².